The van der Waals surface area contributed by atoms with Crippen LogP contribution in [0, 0.1) is 5.92 Å². The van der Waals surface area contributed by atoms with Crippen LogP contribution in [0.25, 0.3) is 0 Å². The molecule has 0 radical (unpaired) electrons. The van der Waals surface area contributed by atoms with Crippen molar-refractivity contribution >= 4 is 5.97 Å². The Morgan fingerprint density at radius 2 is 2.41 bits per heavy atom. The third-order valence-corrected chi connectivity index (χ3v) is 3.43. The molecule has 3 atom stereocenters. The van der Waals surface area contributed by atoms with Crippen LogP contribution in [0.2, 0.25) is 0 Å². The molecule has 0 saturated carbocycles. The minimum atomic E-state index is -0.308. The minimum absolute atomic E-state index is 0.0432. The number of hydroxylamine groups is 2. The van der Waals surface area contributed by atoms with Crippen molar-refractivity contribution in [1.82, 2.24) is 5.06 Å². The number of esters is 1. The molecule has 0 aliphatic carbocycles. The molecule has 5 heteroatoms. The second kappa shape index (κ2) is 5.62. The summed E-state index contributed by atoms with van der Waals surface area (Å²) in [7, 11) is 1.40. The summed E-state index contributed by atoms with van der Waals surface area (Å²) in [6.45, 7) is 0.819. The van der Waals surface area contributed by atoms with Crippen molar-refractivity contribution in [2.75, 3.05) is 20.3 Å². The topological polar surface area (TPSA) is 59.0 Å². The lowest BCUT2D eigenvalue weighted by Gasteiger charge is -2.28. The molecule has 0 bridgehead atoms. The quantitative estimate of drug-likeness (QED) is 0.575. The van der Waals surface area contributed by atoms with Crippen LogP contribution in [0.1, 0.15) is 19.3 Å². The minimum Gasteiger partial charge on any atom is -0.469 e. The summed E-state index contributed by atoms with van der Waals surface area (Å²) in [6.07, 6.45) is 6.23. The number of hydrogen-bond donors (Lipinski definition) is 1. The number of methoxy groups -OCH3 is 1. The fraction of sp³-hybridized carbons (Fsp3) is 0.750. The zero-order valence-corrected chi connectivity index (χ0v) is 10.0. The molecule has 96 valence electrons. The van der Waals surface area contributed by atoms with E-state index >= 15 is 0 Å². The highest BCUT2D eigenvalue weighted by Crippen LogP contribution is 2.35. The average Bonchev–Trinajstić information content (AvgIpc) is 2.73. The van der Waals surface area contributed by atoms with Gasteiger partial charge in [-0.25, -0.2) is 0 Å². The van der Waals surface area contributed by atoms with Gasteiger partial charge in [0.25, 0.3) is 0 Å². The highest BCUT2D eigenvalue weighted by atomic mass is 16.7. The normalized spacial score (nSPS) is 33.9. The van der Waals surface area contributed by atoms with Gasteiger partial charge in [0.15, 0.2) is 0 Å². The van der Waals surface area contributed by atoms with E-state index in [-0.39, 0.29) is 30.6 Å². The molecule has 0 unspecified atom stereocenters. The van der Waals surface area contributed by atoms with E-state index in [9.17, 15) is 4.79 Å². The monoisotopic (exact) mass is 241 g/mol. The number of nitrogens with zero attached hydrogens (tertiary/aromatic N) is 1. The number of ether oxygens (including phenoxy) is 1. The first-order valence-electron chi connectivity index (χ1n) is 6.06. The predicted molar refractivity (Wildman–Crippen MR) is 60.9 cm³/mol. The van der Waals surface area contributed by atoms with Gasteiger partial charge in [-0.05, 0) is 12.8 Å². The van der Waals surface area contributed by atoms with Gasteiger partial charge >= 0.3 is 5.97 Å². The summed E-state index contributed by atoms with van der Waals surface area (Å²) in [6, 6.07) is 0.115. The Morgan fingerprint density at radius 3 is 3.12 bits per heavy atom. The Hall–Kier alpha value is -0.910. The Bertz CT molecular complexity index is 305. The van der Waals surface area contributed by atoms with E-state index in [4.69, 9.17) is 14.7 Å². The van der Waals surface area contributed by atoms with E-state index < -0.39 is 0 Å². The summed E-state index contributed by atoms with van der Waals surface area (Å²) in [5, 5.41) is 10.7. The second-order valence-corrected chi connectivity index (χ2v) is 4.43. The zero-order chi connectivity index (χ0) is 12.3. The first-order chi connectivity index (χ1) is 8.27. The summed E-state index contributed by atoms with van der Waals surface area (Å²) >= 11 is 0. The lowest BCUT2D eigenvalue weighted by molar-refractivity contribution is -0.160. The van der Waals surface area contributed by atoms with E-state index in [1.165, 1.54) is 7.11 Å². The van der Waals surface area contributed by atoms with Gasteiger partial charge in [-0.1, -0.05) is 18.6 Å². The first-order valence-corrected chi connectivity index (χ1v) is 6.06. The maximum Gasteiger partial charge on any atom is 0.313 e. The number of rotatable bonds is 3. The number of carbonyl (C=O) groups is 1. The molecule has 0 amide bonds. The molecule has 2 saturated heterocycles. The van der Waals surface area contributed by atoms with Gasteiger partial charge < -0.3 is 9.84 Å². The number of aliphatic hydroxyl groups is 1. The molecule has 2 aliphatic rings. The number of fused-ring (bicyclic) bond motifs is 1. The molecular weight excluding hydrogens is 222 g/mol. The Labute approximate surface area is 101 Å². The molecule has 17 heavy (non-hydrogen) atoms. The third-order valence-electron chi connectivity index (χ3n) is 3.43. The van der Waals surface area contributed by atoms with Crippen LogP contribution >= 0.6 is 0 Å². The predicted octanol–water partition coefficient (Wildman–Crippen LogP) is 0.492. The van der Waals surface area contributed by atoms with Crippen LogP contribution < -0.4 is 0 Å². The van der Waals surface area contributed by atoms with Crippen molar-refractivity contribution in [1.29, 1.82) is 0 Å². The van der Waals surface area contributed by atoms with E-state index in [2.05, 4.69) is 0 Å². The van der Waals surface area contributed by atoms with Crippen LogP contribution in [0.3, 0.4) is 0 Å². The molecule has 0 spiro atoms. The highest BCUT2D eigenvalue weighted by molar-refractivity contribution is 5.74. The van der Waals surface area contributed by atoms with Crippen molar-refractivity contribution in [3.05, 3.63) is 12.2 Å². The van der Waals surface area contributed by atoms with Crippen molar-refractivity contribution < 1.29 is 19.5 Å². The maximum absolute atomic E-state index is 11.8. The van der Waals surface area contributed by atoms with Crippen LogP contribution in [-0.4, -0.2) is 48.5 Å². The number of hydrogen-bond acceptors (Lipinski definition) is 5. The van der Waals surface area contributed by atoms with Crippen molar-refractivity contribution in [2.45, 2.75) is 31.4 Å². The van der Waals surface area contributed by atoms with Crippen molar-refractivity contribution in [3.63, 3.8) is 0 Å². The van der Waals surface area contributed by atoms with Gasteiger partial charge in [-0.15, -0.1) is 0 Å². The van der Waals surface area contributed by atoms with Crippen LogP contribution in [0.15, 0.2) is 12.2 Å². The van der Waals surface area contributed by atoms with Crippen LogP contribution in [0.4, 0.5) is 0 Å². The van der Waals surface area contributed by atoms with E-state index in [0.29, 0.717) is 0 Å². The van der Waals surface area contributed by atoms with E-state index in [0.717, 1.165) is 25.8 Å². The zero-order valence-electron chi connectivity index (χ0n) is 10.0. The Balaban J connectivity index is 2.14. The summed E-state index contributed by atoms with van der Waals surface area (Å²) in [4.78, 5) is 17.6. The molecular formula is C12H19NO4. The van der Waals surface area contributed by atoms with Gasteiger partial charge in [-0.3, -0.25) is 9.63 Å². The first kappa shape index (κ1) is 12.5. The summed E-state index contributed by atoms with van der Waals surface area (Å²) in [5.41, 5.74) is 0. The molecule has 0 aromatic rings. The fourth-order valence-electron chi connectivity index (χ4n) is 2.64. The second-order valence-electron chi connectivity index (χ2n) is 4.43. The fourth-order valence-corrected chi connectivity index (χ4v) is 2.64. The maximum atomic E-state index is 11.8. The van der Waals surface area contributed by atoms with E-state index in [1.54, 1.807) is 12.2 Å². The lowest BCUT2D eigenvalue weighted by Crippen LogP contribution is -2.39. The lowest BCUT2D eigenvalue weighted by atomic mass is 9.89. The van der Waals surface area contributed by atoms with Gasteiger partial charge in [0.2, 0.25) is 0 Å². The van der Waals surface area contributed by atoms with E-state index in [1.807, 2.05) is 5.06 Å². The average molecular weight is 241 g/mol. The highest BCUT2D eigenvalue weighted by Gasteiger charge is 2.47. The molecule has 2 fully saturated rings. The smallest absolute Gasteiger partial charge is 0.313 e. The Kier molecular flexibility index (Phi) is 4.15. The third kappa shape index (κ3) is 2.51. The van der Waals surface area contributed by atoms with Crippen molar-refractivity contribution in [2.24, 2.45) is 5.92 Å². The van der Waals surface area contributed by atoms with Crippen molar-refractivity contribution in [3.8, 4) is 0 Å². The van der Waals surface area contributed by atoms with Gasteiger partial charge in [0.1, 0.15) is 12.0 Å². The number of piperidine rings is 1. The molecule has 0 aromatic heterocycles. The molecule has 1 N–H and O–H groups in total. The standard InChI is InChI=1S/C12H19NO4/c1-16-12(15)11-9-5-2-3-7-13(9)17-10(11)6-4-8-14/h4,6,9-11,14H,2-3,5,7-8H2,1H3/b6-4+/t9-,10-,11+/m0/s1. The molecule has 0 aromatic carbocycles. The summed E-state index contributed by atoms with van der Waals surface area (Å²) in [5.74, 6) is -0.505. The van der Waals surface area contributed by atoms with Crippen LogP contribution in [0.5, 0.6) is 0 Å². The van der Waals surface area contributed by atoms with Crippen LogP contribution in [-0.2, 0) is 14.4 Å². The number of carbonyl (C=O) groups excluding carboxylic acids is 1. The molecule has 2 rings (SSSR count). The Morgan fingerprint density at radius 1 is 1.59 bits per heavy atom. The van der Waals surface area contributed by atoms with Gasteiger partial charge in [0, 0.05) is 6.54 Å². The van der Waals surface area contributed by atoms with Gasteiger partial charge in [0.05, 0.1) is 19.8 Å². The largest absolute Gasteiger partial charge is 0.469 e. The van der Waals surface area contributed by atoms with Gasteiger partial charge in [-0.2, -0.15) is 5.06 Å². The molecule has 2 aliphatic heterocycles. The number of aliphatic hydroxyl groups excluding tert-OH is 1. The summed E-state index contributed by atoms with van der Waals surface area (Å²) < 4.78 is 4.85. The SMILES string of the molecule is COC(=O)[C@H]1[C@H](/C=C/CO)ON2CCCC[C@@H]12. The molecule has 5 nitrogen and oxygen atoms in total. The molecule has 2 heterocycles.